The van der Waals surface area contributed by atoms with Crippen LogP contribution in [0.2, 0.25) is 0 Å². The summed E-state index contributed by atoms with van der Waals surface area (Å²) in [5, 5.41) is 0.667. The minimum absolute atomic E-state index is 0.667. The van der Waals surface area contributed by atoms with Gasteiger partial charge >= 0.3 is 0 Å². The number of hydrogen-bond donors (Lipinski definition) is 0. The van der Waals surface area contributed by atoms with Crippen molar-refractivity contribution in [2.24, 2.45) is 0 Å². The Morgan fingerprint density at radius 1 is 1.50 bits per heavy atom. The van der Waals surface area contributed by atoms with Gasteiger partial charge in [0.15, 0.2) is 5.58 Å². The third-order valence-corrected chi connectivity index (χ3v) is 2.18. The molecule has 12 heavy (non-hydrogen) atoms. The fourth-order valence-corrected chi connectivity index (χ4v) is 1.38. The molecule has 0 saturated heterocycles. The van der Waals surface area contributed by atoms with Crippen LogP contribution in [0.5, 0.6) is 0 Å². The molecule has 1 aromatic carbocycles. The van der Waals surface area contributed by atoms with Crippen molar-refractivity contribution in [3.05, 3.63) is 29.7 Å². The minimum Gasteiger partial charge on any atom is -0.440 e. The fourth-order valence-electron chi connectivity index (χ4n) is 1.14. The zero-order chi connectivity index (χ0) is 8.55. The summed E-state index contributed by atoms with van der Waals surface area (Å²) in [6.07, 6.45) is 0. The van der Waals surface area contributed by atoms with Crippen molar-refractivity contribution >= 4 is 27.0 Å². The molecule has 62 valence electrons. The normalized spacial score (nSPS) is 10.8. The molecule has 2 rings (SSSR count). The van der Waals surface area contributed by atoms with Crippen LogP contribution in [-0.4, -0.2) is 4.98 Å². The van der Waals surface area contributed by atoms with E-state index in [9.17, 15) is 0 Å². The third kappa shape index (κ3) is 1.25. The van der Waals surface area contributed by atoms with Gasteiger partial charge in [-0.15, -0.1) is 0 Å². The van der Waals surface area contributed by atoms with Gasteiger partial charge in [-0.05, 0) is 24.6 Å². The van der Waals surface area contributed by atoms with Crippen molar-refractivity contribution in [3.8, 4) is 0 Å². The Morgan fingerprint density at radius 2 is 2.33 bits per heavy atom. The van der Waals surface area contributed by atoms with E-state index in [4.69, 9.17) is 4.42 Å². The van der Waals surface area contributed by atoms with E-state index in [1.54, 1.807) is 0 Å². The molecule has 0 aliphatic carbocycles. The Balaban J connectivity index is 2.67. The summed E-state index contributed by atoms with van der Waals surface area (Å²) in [4.78, 5) is 4.26. The van der Waals surface area contributed by atoms with Gasteiger partial charge in [-0.3, -0.25) is 0 Å². The number of fused-ring (bicyclic) bond motifs is 1. The van der Waals surface area contributed by atoms with E-state index >= 15 is 0 Å². The highest BCUT2D eigenvalue weighted by Crippen LogP contribution is 2.17. The minimum atomic E-state index is 0.667. The zero-order valence-corrected chi connectivity index (χ0v) is 8.26. The van der Waals surface area contributed by atoms with Gasteiger partial charge in [-0.1, -0.05) is 22.0 Å². The Kier molecular flexibility index (Phi) is 1.89. The lowest BCUT2D eigenvalue weighted by Crippen LogP contribution is -1.72. The highest BCUT2D eigenvalue weighted by atomic mass is 79.9. The molecule has 0 fully saturated rings. The van der Waals surface area contributed by atoms with Crippen molar-refractivity contribution in [3.63, 3.8) is 0 Å². The molecular weight excluding hydrogens is 218 g/mol. The van der Waals surface area contributed by atoms with E-state index in [0.29, 0.717) is 5.33 Å². The molecular formula is C9H8BrNO. The van der Waals surface area contributed by atoms with Gasteiger partial charge in [0.05, 0.1) is 5.33 Å². The van der Waals surface area contributed by atoms with Crippen LogP contribution in [-0.2, 0) is 5.33 Å². The number of benzene rings is 1. The Bertz CT molecular complexity index is 408. The average molecular weight is 226 g/mol. The van der Waals surface area contributed by atoms with Gasteiger partial charge in [-0.2, -0.15) is 0 Å². The number of alkyl halides is 1. The first-order valence-electron chi connectivity index (χ1n) is 3.71. The van der Waals surface area contributed by atoms with Crippen LogP contribution in [0.3, 0.4) is 0 Å². The maximum atomic E-state index is 5.44. The van der Waals surface area contributed by atoms with Crippen molar-refractivity contribution in [2.75, 3.05) is 0 Å². The molecule has 0 spiro atoms. The summed E-state index contributed by atoms with van der Waals surface area (Å²) >= 11 is 3.30. The van der Waals surface area contributed by atoms with E-state index in [-0.39, 0.29) is 0 Å². The summed E-state index contributed by atoms with van der Waals surface area (Å²) in [6, 6.07) is 6.00. The SMILES string of the molecule is Cc1ccc2nc(CBr)oc2c1. The predicted molar refractivity (Wildman–Crippen MR) is 51.4 cm³/mol. The molecule has 0 N–H and O–H groups in total. The van der Waals surface area contributed by atoms with Crippen LogP contribution in [0.4, 0.5) is 0 Å². The smallest absolute Gasteiger partial charge is 0.206 e. The monoisotopic (exact) mass is 225 g/mol. The first-order chi connectivity index (χ1) is 5.79. The number of oxazole rings is 1. The van der Waals surface area contributed by atoms with Crippen molar-refractivity contribution < 1.29 is 4.42 Å². The summed E-state index contributed by atoms with van der Waals surface area (Å²) < 4.78 is 5.44. The molecule has 0 aliphatic heterocycles. The number of nitrogens with zero attached hydrogens (tertiary/aromatic N) is 1. The average Bonchev–Trinajstić information content (AvgIpc) is 2.46. The zero-order valence-electron chi connectivity index (χ0n) is 6.67. The van der Waals surface area contributed by atoms with Crippen LogP contribution in [0, 0.1) is 6.92 Å². The van der Waals surface area contributed by atoms with Crippen LogP contribution in [0.1, 0.15) is 11.5 Å². The predicted octanol–water partition coefficient (Wildman–Crippen LogP) is 3.03. The van der Waals surface area contributed by atoms with Gasteiger partial charge in [0, 0.05) is 0 Å². The van der Waals surface area contributed by atoms with E-state index in [1.165, 1.54) is 5.56 Å². The van der Waals surface area contributed by atoms with Crippen LogP contribution >= 0.6 is 15.9 Å². The van der Waals surface area contributed by atoms with Crippen molar-refractivity contribution in [1.29, 1.82) is 0 Å². The second kappa shape index (κ2) is 2.90. The molecule has 2 aromatic rings. The summed E-state index contributed by atoms with van der Waals surface area (Å²) in [5.41, 5.74) is 2.99. The summed E-state index contributed by atoms with van der Waals surface area (Å²) in [5.74, 6) is 0.732. The molecule has 3 heteroatoms. The lowest BCUT2D eigenvalue weighted by atomic mass is 10.2. The van der Waals surface area contributed by atoms with Crippen molar-refractivity contribution in [1.82, 2.24) is 4.98 Å². The number of rotatable bonds is 1. The lowest BCUT2D eigenvalue weighted by molar-refractivity contribution is 0.557. The number of hydrogen-bond acceptors (Lipinski definition) is 2. The Labute approximate surface area is 78.7 Å². The van der Waals surface area contributed by atoms with Crippen LogP contribution in [0.15, 0.2) is 22.6 Å². The molecule has 0 aliphatic rings. The molecule has 1 aromatic heterocycles. The fraction of sp³-hybridized carbons (Fsp3) is 0.222. The molecule has 0 amide bonds. The van der Waals surface area contributed by atoms with Gasteiger partial charge in [-0.25, -0.2) is 4.98 Å². The lowest BCUT2D eigenvalue weighted by Gasteiger charge is -1.87. The number of aromatic nitrogens is 1. The van der Waals surface area contributed by atoms with E-state index in [1.807, 2.05) is 25.1 Å². The van der Waals surface area contributed by atoms with Crippen LogP contribution in [0.25, 0.3) is 11.1 Å². The van der Waals surface area contributed by atoms with E-state index in [2.05, 4.69) is 20.9 Å². The molecule has 0 bridgehead atoms. The second-order valence-corrected chi connectivity index (χ2v) is 3.27. The van der Waals surface area contributed by atoms with Gasteiger partial charge in [0.2, 0.25) is 5.89 Å². The molecule has 0 radical (unpaired) electrons. The third-order valence-electron chi connectivity index (χ3n) is 1.70. The molecule has 0 atom stereocenters. The first kappa shape index (κ1) is 7.80. The highest BCUT2D eigenvalue weighted by molar-refractivity contribution is 9.08. The molecule has 1 heterocycles. The topological polar surface area (TPSA) is 26.0 Å². The Hall–Kier alpha value is -0.830. The largest absolute Gasteiger partial charge is 0.440 e. The Morgan fingerprint density at radius 3 is 3.08 bits per heavy atom. The number of halogens is 1. The quantitative estimate of drug-likeness (QED) is 0.698. The maximum absolute atomic E-state index is 5.44. The molecule has 0 unspecified atom stereocenters. The number of aryl methyl sites for hydroxylation is 1. The van der Waals surface area contributed by atoms with Gasteiger partial charge < -0.3 is 4.42 Å². The van der Waals surface area contributed by atoms with Gasteiger partial charge in [0.1, 0.15) is 5.52 Å². The van der Waals surface area contributed by atoms with Crippen molar-refractivity contribution in [2.45, 2.75) is 12.3 Å². The van der Waals surface area contributed by atoms with Gasteiger partial charge in [0.25, 0.3) is 0 Å². The highest BCUT2D eigenvalue weighted by Gasteiger charge is 2.02. The molecule has 0 saturated carbocycles. The second-order valence-electron chi connectivity index (χ2n) is 2.71. The maximum Gasteiger partial charge on any atom is 0.206 e. The summed E-state index contributed by atoms with van der Waals surface area (Å²) in [6.45, 7) is 2.04. The standard InChI is InChI=1S/C9H8BrNO/c1-6-2-3-7-8(4-6)12-9(5-10)11-7/h2-4H,5H2,1H3. The summed E-state index contributed by atoms with van der Waals surface area (Å²) in [7, 11) is 0. The first-order valence-corrected chi connectivity index (χ1v) is 4.84. The van der Waals surface area contributed by atoms with E-state index in [0.717, 1.165) is 17.0 Å². The van der Waals surface area contributed by atoms with Crippen LogP contribution < -0.4 is 0 Å². The van der Waals surface area contributed by atoms with E-state index < -0.39 is 0 Å². The molecule has 2 nitrogen and oxygen atoms in total.